The van der Waals surface area contributed by atoms with Crippen molar-refractivity contribution in [3.8, 4) is 6.07 Å². The summed E-state index contributed by atoms with van der Waals surface area (Å²) >= 11 is 0. The molecule has 12 heteroatoms. The van der Waals surface area contributed by atoms with Gasteiger partial charge in [0.15, 0.2) is 0 Å². The van der Waals surface area contributed by atoms with Gasteiger partial charge in [0.1, 0.15) is 23.1 Å². The highest BCUT2D eigenvalue weighted by molar-refractivity contribution is 5.95. The van der Waals surface area contributed by atoms with Crippen LogP contribution in [0, 0.1) is 11.3 Å². The number of anilines is 3. The molecule has 3 aromatic rings. The van der Waals surface area contributed by atoms with Crippen molar-refractivity contribution >= 4 is 28.1 Å². The van der Waals surface area contributed by atoms with Crippen molar-refractivity contribution in [1.82, 2.24) is 9.55 Å². The Morgan fingerprint density at radius 3 is 2.51 bits per heavy atom. The van der Waals surface area contributed by atoms with E-state index < -0.39 is 23.3 Å². The molecular weight excluding hydrogens is 465 g/mol. The fraction of sp³-hybridized carbons (Fsp3) is 0.348. The number of hydrogen-bond acceptors (Lipinski definition) is 7. The number of nitrogens with one attached hydrogen (secondary N) is 2. The normalized spacial score (nSPS) is 15.1. The molecule has 1 fully saturated rings. The number of nitrogens with two attached hydrogens (primary N) is 1. The van der Waals surface area contributed by atoms with Gasteiger partial charge in [0, 0.05) is 37.3 Å². The van der Waals surface area contributed by atoms with Gasteiger partial charge in [-0.2, -0.15) is 18.4 Å². The predicted molar refractivity (Wildman–Crippen MR) is 125 cm³/mol. The lowest BCUT2D eigenvalue weighted by Gasteiger charge is -2.29. The molecule has 0 unspecified atom stereocenters. The van der Waals surface area contributed by atoms with Crippen molar-refractivity contribution in [2.75, 3.05) is 42.3 Å². The van der Waals surface area contributed by atoms with E-state index in [1.165, 1.54) is 17.7 Å². The SMILES string of the molecule is C[C@@H](Nc1[nH]c(=O)c(C#N)c2c1cc(N1CCOCC1)c(=O)n2C)c1cc(N)cc(C(F)(F)F)c1. The lowest BCUT2D eigenvalue weighted by Crippen LogP contribution is -2.40. The number of hydrogen-bond donors (Lipinski definition) is 3. The molecule has 4 N–H and O–H groups in total. The number of pyridine rings is 2. The molecule has 1 aliphatic heterocycles. The molecule has 0 bridgehead atoms. The number of rotatable bonds is 4. The molecule has 0 spiro atoms. The molecule has 1 atom stereocenters. The van der Waals surface area contributed by atoms with E-state index in [1.807, 2.05) is 11.0 Å². The molecule has 9 nitrogen and oxygen atoms in total. The van der Waals surface area contributed by atoms with Gasteiger partial charge in [0.05, 0.1) is 24.3 Å². The van der Waals surface area contributed by atoms with Gasteiger partial charge in [-0.1, -0.05) is 0 Å². The summed E-state index contributed by atoms with van der Waals surface area (Å²) in [4.78, 5) is 30.2. The topological polar surface area (TPSA) is 129 Å². The summed E-state index contributed by atoms with van der Waals surface area (Å²) in [5, 5.41) is 13.0. The van der Waals surface area contributed by atoms with Gasteiger partial charge in [-0.3, -0.25) is 9.59 Å². The van der Waals surface area contributed by atoms with Gasteiger partial charge >= 0.3 is 6.18 Å². The maximum absolute atomic E-state index is 13.3. The van der Waals surface area contributed by atoms with Crippen LogP contribution in [0.1, 0.15) is 29.7 Å². The Labute approximate surface area is 197 Å². The minimum absolute atomic E-state index is 0.0568. The van der Waals surface area contributed by atoms with Crippen LogP contribution in [0.3, 0.4) is 0 Å². The Hall–Kier alpha value is -3.98. The van der Waals surface area contributed by atoms with Gasteiger partial charge < -0.3 is 30.2 Å². The Morgan fingerprint density at radius 2 is 1.89 bits per heavy atom. The Kier molecular flexibility index (Phi) is 6.21. The van der Waals surface area contributed by atoms with Crippen LogP contribution in [0.5, 0.6) is 0 Å². The van der Waals surface area contributed by atoms with Crippen LogP contribution in [0.4, 0.5) is 30.4 Å². The van der Waals surface area contributed by atoms with Crippen molar-refractivity contribution in [3.63, 3.8) is 0 Å². The Balaban J connectivity index is 1.87. The van der Waals surface area contributed by atoms with E-state index >= 15 is 0 Å². The number of fused-ring (bicyclic) bond motifs is 1. The average Bonchev–Trinajstić information content (AvgIpc) is 2.81. The first-order chi connectivity index (χ1) is 16.5. The number of morpholine rings is 1. The van der Waals surface area contributed by atoms with E-state index in [4.69, 9.17) is 10.5 Å². The molecule has 184 valence electrons. The highest BCUT2D eigenvalue weighted by Gasteiger charge is 2.31. The number of H-pyrrole nitrogens is 1. The van der Waals surface area contributed by atoms with E-state index in [-0.39, 0.29) is 33.7 Å². The van der Waals surface area contributed by atoms with E-state index in [0.717, 1.165) is 12.1 Å². The highest BCUT2D eigenvalue weighted by Crippen LogP contribution is 2.34. The second-order valence-electron chi connectivity index (χ2n) is 8.32. The van der Waals surface area contributed by atoms with Crippen LogP contribution in [-0.2, 0) is 18.0 Å². The Morgan fingerprint density at radius 1 is 1.20 bits per heavy atom. The first kappa shape index (κ1) is 24.2. The highest BCUT2D eigenvalue weighted by atomic mass is 19.4. The van der Waals surface area contributed by atoms with Crippen LogP contribution in [-0.4, -0.2) is 35.9 Å². The van der Waals surface area contributed by atoms with Crippen LogP contribution in [0.2, 0.25) is 0 Å². The van der Waals surface area contributed by atoms with Crippen molar-refractivity contribution in [1.29, 1.82) is 5.26 Å². The molecule has 0 amide bonds. The molecule has 1 aromatic carbocycles. The second kappa shape index (κ2) is 8.99. The predicted octanol–water partition coefficient (Wildman–Crippen LogP) is 2.71. The van der Waals surface area contributed by atoms with Crippen LogP contribution in [0.25, 0.3) is 10.9 Å². The first-order valence-corrected chi connectivity index (χ1v) is 10.8. The summed E-state index contributed by atoms with van der Waals surface area (Å²) < 4.78 is 46.5. The summed E-state index contributed by atoms with van der Waals surface area (Å²) in [6.07, 6.45) is -4.58. The summed E-state index contributed by atoms with van der Waals surface area (Å²) in [5.74, 6) is 0.164. The molecule has 0 aliphatic carbocycles. The largest absolute Gasteiger partial charge is 0.416 e. The van der Waals surface area contributed by atoms with Gasteiger partial charge in [-0.15, -0.1) is 0 Å². The lowest BCUT2D eigenvalue weighted by atomic mass is 10.0. The third kappa shape index (κ3) is 4.54. The number of benzene rings is 1. The number of alkyl halides is 3. The first-order valence-electron chi connectivity index (χ1n) is 10.8. The standard InChI is InChI=1S/C23H23F3N6O3/c1-12(13-7-14(23(24,25)26)9-15(28)8-13)29-20-16-10-18(32-3-5-35-6-4-32)22(34)31(2)19(16)17(11-27)21(33)30-20/h7-10,12H,3-6,28H2,1-2H3,(H2,29,30,33)/t12-/m1/s1. The zero-order valence-electron chi connectivity index (χ0n) is 19.0. The maximum atomic E-state index is 13.3. The number of nitriles is 1. The molecule has 1 aliphatic rings. The van der Waals surface area contributed by atoms with E-state index in [2.05, 4.69) is 10.3 Å². The summed E-state index contributed by atoms with van der Waals surface area (Å²) in [5.41, 5.74) is 4.13. The molecule has 0 saturated carbocycles. The van der Waals surface area contributed by atoms with Crippen molar-refractivity contribution in [2.24, 2.45) is 7.05 Å². The van der Waals surface area contributed by atoms with Gasteiger partial charge in [0.2, 0.25) is 0 Å². The van der Waals surface area contributed by atoms with Crippen LogP contribution >= 0.6 is 0 Å². The molecule has 0 radical (unpaired) electrons. The number of aromatic amines is 1. The van der Waals surface area contributed by atoms with Crippen molar-refractivity contribution < 1.29 is 17.9 Å². The second-order valence-corrected chi connectivity index (χ2v) is 8.32. The average molecular weight is 488 g/mol. The molecule has 1 saturated heterocycles. The van der Waals surface area contributed by atoms with Gasteiger partial charge in [0.25, 0.3) is 11.1 Å². The third-order valence-corrected chi connectivity index (χ3v) is 6.00. The van der Waals surface area contributed by atoms with Gasteiger partial charge in [-0.25, -0.2) is 0 Å². The summed E-state index contributed by atoms with van der Waals surface area (Å²) in [6, 6.07) is 5.94. The van der Waals surface area contributed by atoms with E-state index in [1.54, 1.807) is 13.0 Å². The van der Waals surface area contributed by atoms with Crippen LogP contribution < -0.4 is 27.1 Å². The number of ether oxygens (including phenoxy) is 1. The molecule has 2 aromatic heterocycles. The quantitative estimate of drug-likeness (QED) is 0.482. The minimum atomic E-state index is -4.58. The van der Waals surface area contributed by atoms with Gasteiger partial charge in [-0.05, 0) is 36.8 Å². The molecule has 3 heterocycles. The van der Waals surface area contributed by atoms with Crippen molar-refractivity contribution in [2.45, 2.75) is 19.1 Å². The number of nitrogens with zero attached hydrogens (tertiary/aromatic N) is 3. The minimum Gasteiger partial charge on any atom is -0.399 e. The van der Waals surface area contributed by atoms with E-state index in [9.17, 15) is 28.0 Å². The fourth-order valence-corrected chi connectivity index (χ4v) is 4.20. The summed E-state index contributed by atoms with van der Waals surface area (Å²) in [6.45, 7) is 3.46. The number of nitrogen functional groups attached to an aromatic ring is 1. The molecular formula is C23H23F3N6O3. The third-order valence-electron chi connectivity index (χ3n) is 6.00. The zero-order valence-corrected chi connectivity index (χ0v) is 19.0. The lowest BCUT2D eigenvalue weighted by molar-refractivity contribution is -0.137. The Bertz CT molecular complexity index is 1450. The number of aryl methyl sites for hydroxylation is 1. The molecule has 35 heavy (non-hydrogen) atoms. The van der Waals surface area contributed by atoms with E-state index in [0.29, 0.717) is 37.4 Å². The van der Waals surface area contributed by atoms with Crippen molar-refractivity contribution in [3.05, 3.63) is 61.7 Å². The number of aromatic nitrogens is 2. The fourth-order valence-electron chi connectivity index (χ4n) is 4.20. The van der Waals surface area contributed by atoms with Crippen LogP contribution in [0.15, 0.2) is 33.9 Å². The zero-order chi connectivity index (χ0) is 25.5. The maximum Gasteiger partial charge on any atom is 0.416 e. The molecule has 4 rings (SSSR count). The smallest absolute Gasteiger partial charge is 0.399 e. The monoisotopic (exact) mass is 488 g/mol. The number of halogens is 3. The summed E-state index contributed by atoms with van der Waals surface area (Å²) in [7, 11) is 1.47.